The summed E-state index contributed by atoms with van der Waals surface area (Å²) < 4.78 is 4.74. The van der Waals surface area contributed by atoms with E-state index in [4.69, 9.17) is 9.84 Å². The Labute approximate surface area is 163 Å². The number of Topliss-reactive ketones (excluding diaryl/α,β-unsaturated/α-hetero) is 1. The molecule has 4 heteroatoms. The van der Waals surface area contributed by atoms with Crippen molar-refractivity contribution < 1.29 is 19.4 Å². The smallest absolute Gasteiger partial charge is 0.331 e. The number of hydrogen-bond donors (Lipinski definition) is 1. The fraction of sp³-hybridized carbons (Fsp3) is 0.478. The van der Waals surface area contributed by atoms with Gasteiger partial charge in [0.1, 0.15) is 6.61 Å². The van der Waals surface area contributed by atoms with Crippen molar-refractivity contribution in [1.29, 1.82) is 0 Å². The molecule has 0 fully saturated rings. The highest BCUT2D eigenvalue weighted by molar-refractivity contribution is 5.87. The van der Waals surface area contributed by atoms with E-state index in [-0.39, 0.29) is 5.41 Å². The van der Waals surface area contributed by atoms with Crippen molar-refractivity contribution in [1.82, 2.24) is 0 Å². The standard InChI is InChI=1S/C23H32O4/c1-17(11-12-21-19(3)10-7-13-23(21,4)5)8-6-9-18(2)14-22(26)27-16-20(25)15-24/h6,8-9,11-12,14,24H,7,10,13,15-16H2,1-5H3/b9-6?,12-11?,17-8?,18-14-. The number of carbonyl (C=O) groups excluding carboxylic acids is 2. The highest BCUT2D eigenvalue weighted by Crippen LogP contribution is 2.40. The van der Waals surface area contributed by atoms with Crippen LogP contribution in [-0.2, 0) is 14.3 Å². The van der Waals surface area contributed by atoms with Crippen molar-refractivity contribution in [3.05, 3.63) is 58.7 Å². The zero-order valence-electron chi connectivity index (χ0n) is 17.2. The third-order valence-corrected chi connectivity index (χ3v) is 4.67. The lowest BCUT2D eigenvalue weighted by Crippen LogP contribution is -2.19. The van der Waals surface area contributed by atoms with Crippen molar-refractivity contribution in [2.45, 2.75) is 53.9 Å². The summed E-state index contributed by atoms with van der Waals surface area (Å²) in [4.78, 5) is 22.4. The first-order chi connectivity index (χ1) is 12.7. The van der Waals surface area contributed by atoms with Crippen molar-refractivity contribution >= 4 is 11.8 Å². The summed E-state index contributed by atoms with van der Waals surface area (Å²) in [6.07, 6.45) is 15.0. The molecule has 0 aliphatic heterocycles. The van der Waals surface area contributed by atoms with Gasteiger partial charge >= 0.3 is 5.97 Å². The Morgan fingerprint density at radius 2 is 1.89 bits per heavy atom. The maximum absolute atomic E-state index is 11.5. The average Bonchev–Trinajstić information content (AvgIpc) is 2.58. The van der Waals surface area contributed by atoms with Crippen molar-refractivity contribution in [2.24, 2.45) is 5.41 Å². The van der Waals surface area contributed by atoms with Gasteiger partial charge in [0.15, 0.2) is 12.4 Å². The van der Waals surface area contributed by atoms with Crippen LogP contribution in [-0.4, -0.2) is 30.1 Å². The predicted molar refractivity (Wildman–Crippen MR) is 109 cm³/mol. The minimum absolute atomic E-state index is 0.228. The lowest BCUT2D eigenvalue weighted by Gasteiger charge is -2.32. The van der Waals surface area contributed by atoms with E-state index >= 15 is 0 Å². The van der Waals surface area contributed by atoms with Gasteiger partial charge in [0, 0.05) is 6.08 Å². The average molecular weight is 373 g/mol. The van der Waals surface area contributed by atoms with Crippen LogP contribution < -0.4 is 0 Å². The Morgan fingerprint density at radius 3 is 2.52 bits per heavy atom. The van der Waals surface area contributed by atoms with E-state index in [0.717, 1.165) is 11.1 Å². The van der Waals surface area contributed by atoms with Crippen LogP contribution in [0.1, 0.15) is 53.9 Å². The van der Waals surface area contributed by atoms with E-state index in [0.29, 0.717) is 0 Å². The number of hydrogen-bond acceptors (Lipinski definition) is 4. The summed E-state index contributed by atoms with van der Waals surface area (Å²) in [5.74, 6) is -1.12. The molecule has 0 aromatic heterocycles. The fourth-order valence-electron chi connectivity index (χ4n) is 3.11. The van der Waals surface area contributed by atoms with E-state index in [2.05, 4.69) is 32.9 Å². The predicted octanol–water partition coefficient (Wildman–Crippen LogP) is 4.62. The van der Waals surface area contributed by atoms with Crippen molar-refractivity contribution in [2.75, 3.05) is 13.2 Å². The first-order valence-corrected chi connectivity index (χ1v) is 9.36. The van der Waals surface area contributed by atoms with E-state index < -0.39 is 25.0 Å². The van der Waals surface area contributed by atoms with Gasteiger partial charge in [0.25, 0.3) is 0 Å². The molecule has 0 aromatic rings. The Hall–Kier alpha value is -2.20. The number of aliphatic hydroxyl groups excluding tert-OH is 1. The minimum Gasteiger partial charge on any atom is -0.454 e. The third kappa shape index (κ3) is 8.35. The highest BCUT2D eigenvalue weighted by atomic mass is 16.5. The SMILES string of the molecule is CC(C=CC1=C(C)CCCC1(C)C)=CC=C/C(C)=C\C(=O)OCC(=O)CO. The largest absolute Gasteiger partial charge is 0.454 e. The monoisotopic (exact) mass is 372 g/mol. The maximum atomic E-state index is 11.5. The number of carbonyl (C=O) groups is 2. The molecule has 0 aromatic carbocycles. The van der Waals surface area contributed by atoms with Gasteiger partial charge in [-0.05, 0) is 56.6 Å². The van der Waals surface area contributed by atoms with Gasteiger partial charge in [-0.1, -0.05) is 55.4 Å². The van der Waals surface area contributed by atoms with Crippen LogP contribution >= 0.6 is 0 Å². The van der Waals surface area contributed by atoms with Gasteiger partial charge in [-0.25, -0.2) is 4.79 Å². The molecule has 4 nitrogen and oxygen atoms in total. The van der Waals surface area contributed by atoms with Gasteiger partial charge in [0.2, 0.25) is 0 Å². The number of rotatable bonds is 8. The van der Waals surface area contributed by atoms with Crippen LogP contribution in [0.2, 0.25) is 0 Å². The first kappa shape index (κ1) is 22.8. The van der Waals surface area contributed by atoms with Gasteiger partial charge in [0.05, 0.1) is 0 Å². The molecule has 1 N–H and O–H groups in total. The molecule has 0 saturated heterocycles. The number of aliphatic hydroxyl groups is 1. The molecule has 0 amide bonds. The van der Waals surface area contributed by atoms with Gasteiger partial charge in [-0.2, -0.15) is 0 Å². The first-order valence-electron chi connectivity index (χ1n) is 9.36. The van der Waals surface area contributed by atoms with Crippen LogP contribution in [0.5, 0.6) is 0 Å². The summed E-state index contributed by atoms with van der Waals surface area (Å²) in [6, 6.07) is 0. The van der Waals surface area contributed by atoms with Crippen LogP contribution in [0.15, 0.2) is 58.7 Å². The molecular formula is C23H32O4. The zero-order chi connectivity index (χ0) is 20.4. The quantitative estimate of drug-likeness (QED) is 0.383. The van der Waals surface area contributed by atoms with Gasteiger partial charge in [-0.15, -0.1) is 0 Å². The van der Waals surface area contributed by atoms with E-state index in [1.807, 2.05) is 25.2 Å². The Kier molecular flexibility index (Phi) is 9.16. The molecule has 0 saturated carbocycles. The highest BCUT2D eigenvalue weighted by Gasteiger charge is 2.26. The van der Waals surface area contributed by atoms with E-state index in [1.54, 1.807) is 6.92 Å². The van der Waals surface area contributed by atoms with Gasteiger partial charge < -0.3 is 9.84 Å². The second-order valence-corrected chi connectivity index (χ2v) is 7.73. The molecule has 0 spiro atoms. The van der Waals surface area contributed by atoms with E-state index in [9.17, 15) is 9.59 Å². The topological polar surface area (TPSA) is 63.6 Å². The Balaban J connectivity index is 2.66. The summed E-state index contributed by atoms with van der Waals surface area (Å²) in [5, 5.41) is 8.59. The van der Waals surface area contributed by atoms with Crippen LogP contribution in [0.3, 0.4) is 0 Å². The zero-order valence-corrected chi connectivity index (χ0v) is 17.2. The summed E-state index contributed by atoms with van der Waals surface area (Å²) in [6.45, 7) is 9.62. The summed E-state index contributed by atoms with van der Waals surface area (Å²) >= 11 is 0. The molecule has 148 valence electrons. The van der Waals surface area contributed by atoms with Crippen molar-refractivity contribution in [3.63, 3.8) is 0 Å². The molecular weight excluding hydrogens is 340 g/mol. The molecule has 1 rings (SSSR count). The number of ketones is 1. The molecule has 0 unspecified atom stereocenters. The lowest BCUT2D eigenvalue weighted by atomic mass is 9.72. The van der Waals surface area contributed by atoms with Crippen molar-refractivity contribution in [3.8, 4) is 0 Å². The molecule has 1 aliphatic rings. The van der Waals surface area contributed by atoms with Crippen LogP contribution in [0, 0.1) is 5.41 Å². The molecule has 27 heavy (non-hydrogen) atoms. The molecule has 0 bridgehead atoms. The van der Waals surface area contributed by atoms with Crippen LogP contribution in [0.25, 0.3) is 0 Å². The molecule has 0 heterocycles. The molecule has 0 radical (unpaired) electrons. The number of allylic oxidation sites excluding steroid dienone is 9. The van der Waals surface area contributed by atoms with Gasteiger partial charge in [-0.3, -0.25) is 4.79 Å². The lowest BCUT2D eigenvalue weighted by molar-refractivity contribution is -0.143. The Bertz CT molecular complexity index is 700. The maximum Gasteiger partial charge on any atom is 0.331 e. The minimum atomic E-state index is -0.624. The second-order valence-electron chi connectivity index (χ2n) is 7.73. The fourth-order valence-corrected chi connectivity index (χ4v) is 3.11. The summed E-state index contributed by atoms with van der Waals surface area (Å²) in [5.41, 5.74) is 4.98. The Morgan fingerprint density at radius 1 is 1.19 bits per heavy atom. The van der Waals surface area contributed by atoms with Crippen LogP contribution in [0.4, 0.5) is 0 Å². The summed E-state index contributed by atoms with van der Waals surface area (Å²) in [7, 11) is 0. The second kappa shape index (κ2) is 10.8. The molecule has 0 atom stereocenters. The van der Waals surface area contributed by atoms with E-state index in [1.165, 1.54) is 36.5 Å². The third-order valence-electron chi connectivity index (χ3n) is 4.67. The normalized spacial score (nSPS) is 18.4. The number of ether oxygens (including phenoxy) is 1. The number of esters is 1. The molecule has 1 aliphatic carbocycles.